The number of esters is 1. The molecule has 0 fully saturated rings. The molecule has 122 valence electrons. The molecule has 7 heteroatoms. The van der Waals surface area contributed by atoms with Crippen LogP contribution in [-0.2, 0) is 4.79 Å². The summed E-state index contributed by atoms with van der Waals surface area (Å²) in [4.78, 5) is 31.9. The first-order valence-corrected chi connectivity index (χ1v) is 7.52. The first-order valence-electron chi connectivity index (χ1n) is 7.52. The van der Waals surface area contributed by atoms with Gasteiger partial charge in [0, 0.05) is 36.7 Å². The van der Waals surface area contributed by atoms with E-state index >= 15 is 0 Å². The van der Waals surface area contributed by atoms with Crippen LogP contribution in [0.4, 0.5) is 0 Å². The second-order valence-corrected chi connectivity index (χ2v) is 5.37. The van der Waals surface area contributed by atoms with Crippen molar-refractivity contribution in [2.75, 3.05) is 0 Å². The zero-order chi connectivity index (χ0) is 17.3. The number of aryl methyl sites for hydroxylation is 1. The van der Waals surface area contributed by atoms with Crippen LogP contribution < -0.4 is 4.74 Å². The molecule has 0 unspecified atom stereocenters. The van der Waals surface area contributed by atoms with E-state index in [2.05, 4.69) is 20.2 Å². The van der Waals surface area contributed by atoms with Crippen molar-refractivity contribution in [2.24, 2.45) is 0 Å². The van der Waals surface area contributed by atoms with Crippen molar-refractivity contribution in [3.8, 4) is 16.9 Å². The Morgan fingerprint density at radius 1 is 1.17 bits per heavy atom. The van der Waals surface area contributed by atoms with Gasteiger partial charge in [0.25, 0.3) is 0 Å². The highest BCUT2D eigenvalue weighted by Gasteiger charge is 2.17. The van der Waals surface area contributed by atoms with E-state index in [4.69, 9.17) is 4.74 Å². The van der Waals surface area contributed by atoms with Gasteiger partial charge in [-0.2, -0.15) is 5.10 Å². The van der Waals surface area contributed by atoms with E-state index in [1.807, 2.05) is 6.07 Å². The van der Waals surface area contributed by atoms with Gasteiger partial charge in [-0.3, -0.25) is 14.7 Å². The van der Waals surface area contributed by atoms with Crippen LogP contribution >= 0.6 is 0 Å². The third kappa shape index (κ3) is 2.88. The maximum atomic E-state index is 11.8. The minimum Gasteiger partial charge on any atom is -0.424 e. The fourth-order valence-corrected chi connectivity index (χ4v) is 2.34. The van der Waals surface area contributed by atoms with Crippen LogP contribution in [0.15, 0.2) is 24.5 Å². The largest absolute Gasteiger partial charge is 0.424 e. The molecule has 0 amide bonds. The van der Waals surface area contributed by atoms with Crippen LogP contribution in [-0.4, -0.2) is 31.9 Å². The molecule has 0 aliphatic carbocycles. The molecule has 0 saturated heterocycles. The second kappa shape index (κ2) is 6.19. The van der Waals surface area contributed by atoms with E-state index in [0.717, 1.165) is 11.1 Å². The van der Waals surface area contributed by atoms with Crippen molar-refractivity contribution in [1.29, 1.82) is 0 Å². The molecule has 1 N–H and O–H groups in total. The summed E-state index contributed by atoms with van der Waals surface area (Å²) in [5, 5.41) is 7.41. The zero-order valence-corrected chi connectivity index (χ0v) is 13.6. The first kappa shape index (κ1) is 15.8. The summed E-state index contributed by atoms with van der Waals surface area (Å²) in [7, 11) is 0. The maximum Gasteiger partial charge on any atom is 0.310 e. The highest BCUT2D eigenvalue weighted by atomic mass is 16.5. The molecule has 0 aliphatic rings. The average Bonchev–Trinajstić information content (AvgIpc) is 2.99. The lowest BCUT2D eigenvalue weighted by Crippen LogP contribution is -2.06. The van der Waals surface area contributed by atoms with Crippen LogP contribution in [0.3, 0.4) is 0 Å². The number of nitrogens with zero attached hydrogens (tertiary/aromatic N) is 3. The van der Waals surface area contributed by atoms with E-state index in [1.165, 1.54) is 6.92 Å². The summed E-state index contributed by atoms with van der Waals surface area (Å²) < 4.78 is 5.39. The summed E-state index contributed by atoms with van der Waals surface area (Å²) in [6, 6.07) is 3.53. The molecule has 2 heterocycles. The molecule has 0 radical (unpaired) electrons. The number of H-pyrrole nitrogens is 1. The van der Waals surface area contributed by atoms with E-state index in [1.54, 1.807) is 32.3 Å². The van der Waals surface area contributed by atoms with Crippen LogP contribution in [0.5, 0.6) is 5.75 Å². The average molecular weight is 324 g/mol. The van der Waals surface area contributed by atoms with Crippen molar-refractivity contribution >= 4 is 22.7 Å². The Bertz CT molecular complexity index is 929. The fourth-order valence-electron chi connectivity index (χ4n) is 2.34. The molecule has 24 heavy (non-hydrogen) atoms. The van der Waals surface area contributed by atoms with E-state index < -0.39 is 0 Å². The number of aromatic amines is 1. The Labute approximate surface area is 138 Å². The molecule has 3 aromatic rings. The lowest BCUT2D eigenvalue weighted by atomic mass is 10.0. The third-order valence-electron chi connectivity index (χ3n) is 3.60. The predicted octanol–water partition coefficient (Wildman–Crippen LogP) is 2.85. The number of Topliss-reactive ketones (excluding diaryl/α,β-unsaturated/α-hetero) is 1. The van der Waals surface area contributed by atoms with Gasteiger partial charge < -0.3 is 4.74 Å². The van der Waals surface area contributed by atoms with E-state index in [0.29, 0.717) is 28.2 Å². The minimum atomic E-state index is -0.368. The maximum absolute atomic E-state index is 11.8. The van der Waals surface area contributed by atoms with Gasteiger partial charge in [-0.25, -0.2) is 9.97 Å². The van der Waals surface area contributed by atoms with Crippen molar-refractivity contribution in [3.63, 3.8) is 0 Å². The number of carbonyl (C=O) groups excluding carboxylic acids is 2. The number of fused-ring (bicyclic) bond motifs is 1. The van der Waals surface area contributed by atoms with Crippen LogP contribution in [0.1, 0.15) is 36.6 Å². The molecule has 7 nitrogen and oxygen atoms in total. The monoisotopic (exact) mass is 324 g/mol. The number of ketones is 1. The smallest absolute Gasteiger partial charge is 0.310 e. The normalized spacial score (nSPS) is 10.8. The molecular weight excluding hydrogens is 308 g/mol. The molecule has 0 aliphatic heterocycles. The second-order valence-electron chi connectivity index (χ2n) is 5.37. The zero-order valence-electron chi connectivity index (χ0n) is 13.6. The van der Waals surface area contributed by atoms with Crippen molar-refractivity contribution in [2.45, 2.75) is 27.2 Å². The summed E-state index contributed by atoms with van der Waals surface area (Å²) in [6.07, 6.45) is 3.61. The van der Waals surface area contributed by atoms with Gasteiger partial charge in [-0.15, -0.1) is 0 Å². The molecular formula is C17H16N4O3. The van der Waals surface area contributed by atoms with Crippen LogP contribution in [0, 0.1) is 6.92 Å². The summed E-state index contributed by atoms with van der Waals surface area (Å²) in [5.41, 5.74) is 2.31. The summed E-state index contributed by atoms with van der Waals surface area (Å²) in [5.74, 6) is 0.444. The molecule has 3 rings (SSSR count). The van der Waals surface area contributed by atoms with Gasteiger partial charge in [-0.1, -0.05) is 6.92 Å². The number of benzene rings is 1. The Hall–Kier alpha value is -3.09. The number of nitrogens with one attached hydrogen (secondary N) is 1. The van der Waals surface area contributed by atoms with Gasteiger partial charge in [0.1, 0.15) is 17.0 Å². The van der Waals surface area contributed by atoms with E-state index in [9.17, 15) is 9.59 Å². The number of rotatable bonds is 4. The highest BCUT2D eigenvalue weighted by molar-refractivity contribution is 6.07. The molecule has 0 bridgehead atoms. The topological polar surface area (TPSA) is 97.8 Å². The van der Waals surface area contributed by atoms with Gasteiger partial charge >= 0.3 is 5.97 Å². The van der Waals surface area contributed by atoms with Gasteiger partial charge in [-0.05, 0) is 24.6 Å². The molecule has 2 aromatic heterocycles. The third-order valence-corrected chi connectivity index (χ3v) is 3.60. The lowest BCUT2D eigenvalue weighted by Gasteiger charge is -2.08. The Kier molecular flexibility index (Phi) is 4.07. The van der Waals surface area contributed by atoms with E-state index in [-0.39, 0.29) is 18.2 Å². The lowest BCUT2D eigenvalue weighted by molar-refractivity contribution is -0.133. The number of aromatic nitrogens is 4. The van der Waals surface area contributed by atoms with Crippen molar-refractivity contribution in [3.05, 3.63) is 36.0 Å². The predicted molar refractivity (Wildman–Crippen MR) is 87.8 cm³/mol. The number of carbonyl (C=O) groups is 2. The minimum absolute atomic E-state index is 0.175. The highest BCUT2D eigenvalue weighted by Crippen LogP contribution is 2.33. The fraction of sp³-hybridized carbons (Fsp3) is 0.235. The molecule has 0 spiro atoms. The standard InChI is InChI=1S/C17H16N4O3/c1-4-15(23)24-14-6-11(12-7-18-10(3)19-8-12)5-13-16(9(2)22)20-21-17(13)14/h5-8H,4H2,1-3H3,(H,20,21). The van der Waals surface area contributed by atoms with Crippen molar-refractivity contribution in [1.82, 2.24) is 20.2 Å². The molecule has 0 atom stereocenters. The van der Waals surface area contributed by atoms with Crippen LogP contribution in [0.2, 0.25) is 0 Å². The van der Waals surface area contributed by atoms with Gasteiger partial charge in [0.05, 0.1) is 0 Å². The SMILES string of the molecule is CCC(=O)Oc1cc(-c2cnc(C)nc2)cc2c(C(C)=O)n[nH]c12. The Balaban J connectivity index is 2.22. The Morgan fingerprint density at radius 2 is 1.88 bits per heavy atom. The van der Waals surface area contributed by atoms with Crippen LogP contribution in [0.25, 0.3) is 22.0 Å². The first-order chi connectivity index (χ1) is 11.5. The van der Waals surface area contributed by atoms with Gasteiger partial charge in [0.2, 0.25) is 0 Å². The van der Waals surface area contributed by atoms with Gasteiger partial charge in [0.15, 0.2) is 11.5 Å². The molecule has 1 aromatic carbocycles. The quantitative estimate of drug-likeness (QED) is 0.450. The number of hydrogen-bond acceptors (Lipinski definition) is 6. The Morgan fingerprint density at radius 3 is 2.50 bits per heavy atom. The summed E-state index contributed by atoms with van der Waals surface area (Å²) in [6.45, 7) is 4.95. The van der Waals surface area contributed by atoms with Crippen molar-refractivity contribution < 1.29 is 14.3 Å². The molecule has 0 saturated carbocycles. The number of hydrogen-bond donors (Lipinski definition) is 1. The summed E-state index contributed by atoms with van der Waals surface area (Å²) >= 11 is 0. The number of ether oxygens (including phenoxy) is 1.